The first-order chi connectivity index (χ1) is 11.1. The van der Waals surface area contributed by atoms with Crippen LogP contribution in [0.3, 0.4) is 0 Å². The number of hydrogen-bond donors (Lipinski definition) is 0. The second-order valence-electron chi connectivity index (χ2n) is 4.80. The van der Waals surface area contributed by atoms with Crippen molar-refractivity contribution in [3.05, 3.63) is 74.7 Å². The van der Waals surface area contributed by atoms with Crippen LogP contribution < -0.4 is 4.74 Å². The van der Waals surface area contributed by atoms with Gasteiger partial charge in [-0.05, 0) is 41.1 Å². The zero-order valence-electron chi connectivity index (χ0n) is 11.7. The van der Waals surface area contributed by atoms with E-state index in [4.69, 9.17) is 10.00 Å². The number of hydrogen-bond acceptors (Lipinski definition) is 4. The van der Waals surface area contributed by atoms with E-state index in [-0.39, 0.29) is 17.0 Å². The molecule has 0 aliphatic carbocycles. The first-order valence-corrected chi connectivity index (χ1v) is 7.42. The van der Waals surface area contributed by atoms with Gasteiger partial charge in [-0.25, -0.2) is 0 Å². The summed E-state index contributed by atoms with van der Waals surface area (Å²) in [6.45, 7) is 0. The normalized spacial score (nSPS) is 10.3. The van der Waals surface area contributed by atoms with Crippen molar-refractivity contribution in [2.75, 3.05) is 0 Å². The minimum Gasteiger partial charge on any atom is -0.456 e. The fraction of sp³-hybridized carbons (Fsp3) is 0. The minimum absolute atomic E-state index is 0.120. The van der Waals surface area contributed by atoms with Crippen molar-refractivity contribution < 1.29 is 9.66 Å². The van der Waals surface area contributed by atoms with Crippen molar-refractivity contribution in [2.24, 2.45) is 0 Å². The minimum atomic E-state index is -0.543. The topological polar surface area (TPSA) is 76.2 Å². The summed E-state index contributed by atoms with van der Waals surface area (Å²) >= 11 is 3.42. The largest absolute Gasteiger partial charge is 0.456 e. The van der Waals surface area contributed by atoms with Gasteiger partial charge >= 0.3 is 0 Å². The van der Waals surface area contributed by atoms with E-state index in [1.807, 2.05) is 36.4 Å². The van der Waals surface area contributed by atoms with E-state index in [2.05, 4.69) is 15.9 Å². The lowest BCUT2D eigenvalue weighted by Gasteiger charge is -2.08. The van der Waals surface area contributed by atoms with Crippen LogP contribution in [-0.4, -0.2) is 4.92 Å². The molecule has 5 nitrogen and oxygen atoms in total. The first-order valence-electron chi connectivity index (χ1n) is 6.62. The molecule has 0 unspecified atom stereocenters. The molecule has 0 aliphatic rings. The van der Waals surface area contributed by atoms with E-state index in [1.165, 1.54) is 18.2 Å². The van der Waals surface area contributed by atoms with Crippen LogP contribution in [-0.2, 0) is 0 Å². The summed E-state index contributed by atoms with van der Waals surface area (Å²) in [5.41, 5.74) is -0.0210. The zero-order chi connectivity index (χ0) is 16.4. The van der Waals surface area contributed by atoms with Gasteiger partial charge in [0.1, 0.15) is 23.1 Å². The molecule has 0 spiro atoms. The Bertz CT molecular complexity index is 964. The van der Waals surface area contributed by atoms with Crippen molar-refractivity contribution in [3.63, 3.8) is 0 Å². The van der Waals surface area contributed by atoms with E-state index in [9.17, 15) is 10.1 Å². The Hall–Kier alpha value is -2.91. The maximum Gasteiger partial charge on any atom is 0.271 e. The molecule has 3 aromatic rings. The fourth-order valence-corrected chi connectivity index (χ4v) is 2.57. The van der Waals surface area contributed by atoms with Crippen LogP contribution in [0, 0.1) is 21.4 Å². The molecular formula is C17H9BrN2O3. The maximum atomic E-state index is 10.8. The monoisotopic (exact) mass is 368 g/mol. The summed E-state index contributed by atoms with van der Waals surface area (Å²) < 4.78 is 6.70. The van der Waals surface area contributed by atoms with E-state index < -0.39 is 4.92 Å². The van der Waals surface area contributed by atoms with Gasteiger partial charge in [0.2, 0.25) is 0 Å². The standard InChI is InChI=1S/C17H9BrN2O3/c18-14-3-1-12-9-16(5-2-11(12)7-14)23-17-6-4-15(20(21)22)8-13(17)10-19/h1-9H. The quantitative estimate of drug-likeness (QED) is 0.471. The van der Waals surface area contributed by atoms with Gasteiger partial charge in [0.15, 0.2) is 0 Å². The number of nitrogens with zero attached hydrogens (tertiary/aromatic N) is 2. The van der Waals surface area contributed by atoms with Crippen molar-refractivity contribution in [1.82, 2.24) is 0 Å². The molecule has 0 bridgehead atoms. The number of non-ortho nitro benzene ring substituents is 1. The number of fused-ring (bicyclic) bond motifs is 1. The molecular weight excluding hydrogens is 360 g/mol. The van der Waals surface area contributed by atoms with Gasteiger partial charge in [0, 0.05) is 16.6 Å². The van der Waals surface area contributed by atoms with Gasteiger partial charge in [-0.3, -0.25) is 10.1 Å². The second kappa shape index (κ2) is 6.07. The van der Waals surface area contributed by atoms with Gasteiger partial charge < -0.3 is 4.74 Å². The zero-order valence-corrected chi connectivity index (χ0v) is 13.3. The maximum absolute atomic E-state index is 10.8. The van der Waals surface area contributed by atoms with E-state index in [1.54, 1.807) is 6.07 Å². The Kier molecular flexibility index (Phi) is 3.96. The molecule has 3 rings (SSSR count). The average Bonchev–Trinajstić information content (AvgIpc) is 2.55. The highest BCUT2D eigenvalue weighted by molar-refractivity contribution is 9.10. The van der Waals surface area contributed by atoms with Gasteiger partial charge in [-0.1, -0.05) is 28.1 Å². The summed E-state index contributed by atoms with van der Waals surface area (Å²) in [5.74, 6) is 0.847. The number of ether oxygens (including phenoxy) is 1. The first kappa shape index (κ1) is 15.0. The third kappa shape index (κ3) is 3.15. The number of nitro groups is 1. The van der Waals surface area contributed by atoms with Gasteiger partial charge in [0.05, 0.1) is 4.92 Å². The molecule has 0 N–H and O–H groups in total. The van der Waals surface area contributed by atoms with Crippen LogP contribution in [0.25, 0.3) is 10.8 Å². The average molecular weight is 369 g/mol. The molecule has 0 aliphatic heterocycles. The van der Waals surface area contributed by atoms with E-state index >= 15 is 0 Å². The number of benzene rings is 3. The Balaban J connectivity index is 1.97. The molecule has 0 heterocycles. The fourth-order valence-electron chi connectivity index (χ4n) is 2.19. The summed E-state index contributed by atoms with van der Waals surface area (Å²) in [7, 11) is 0. The van der Waals surface area contributed by atoms with Crippen LogP contribution in [0.1, 0.15) is 5.56 Å². The highest BCUT2D eigenvalue weighted by Crippen LogP contribution is 2.30. The predicted octanol–water partition coefficient (Wildman–Crippen LogP) is 5.17. The SMILES string of the molecule is N#Cc1cc([N+](=O)[O-])ccc1Oc1ccc2cc(Br)ccc2c1. The number of nitro benzene ring substituents is 1. The van der Waals surface area contributed by atoms with Gasteiger partial charge in [0.25, 0.3) is 5.69 Å². The summed E-state index contributed by atoms with van der Waals surface area (Å²) in [6, 6.07) is 17.3. The summed E-state index contributed by atoms with van der Waals surface area (Å²) in [5, 5.41) is 22.0. The van der Waals surface area contributed by atoms with Crippen molar-refractivity contribution in [1.29, 1.82) is 5.26 Å². The van der Waals surface area contributed by atoms with E-state index in [0.717, 1.165) is 15.2 Å². The molecule has 6 heteroatoms. The van der Waals surface area contributed by atoms with Crippen LogP contribution in [0.15, 0.2) is 59.1 Å². The molecule has 0 saturated heterocycles. The van der Waals surface area contributed by atoms with Crippen molar-refractivity contribution in [2.45, 2.75) is 0 Å². The van der Waals surface area contributed by atoms with Crippen LogP contribution in [0.2, 0.25) is 0 Å². The lowest BCUT2D eigenvalue weighted by molar-refractivity contribution is -0.384. The smallest absolute Gasteiger partial charge is 0.271 e. The Morgan fingerprint density at radius 2 is 1.78 bits per heavy atom. The Labute approximate surface area is 140 Å². The van der Waals surface area contributed by atoms with Crippen LogP contribution in [0.4, 0.5) is 5.69 Å². The summed E-state index contributed by atoms with van der Waals surface area (Å²) in [6.07, 6.45) is 0. The molecule has 23 heavy (non-hydrogen) atoms. The molecule has 112 valence electrons. The molecule has 0 radical (unpaired) electrons. The molecule has 0 atom stereocenters. The molecule has 0 fully saturated rings. The number of halogens is 1. The predicted molar refractivity (Wildman–Crippen MR) is 89.5 cm³/mol. The molecule has 3 aromatic carbocycles. The highest BCUT2D eigenvalue weighted by Gasteiger charge is 2.12. The van der Waals surface area contributed by atoms with Crippen molar-refractivity contribution in [3.8, 4) is 17.6 Å². The third-order valence-corrected chi connectivity index (χ3v) is 3.79. The van der Waals surface area contributed by atoms with Gasteiger partial charge in [-0.15, -0.1) is 0 Å². The highest BCUT2D eigenvalue weighted by atomic mass is 79.9. The lowest BCUT2D eigenvalue weighted by atomic mass is 10.1. The van der Waals surface area contributed by atoms with Gasteiger partial charge in [-0.2, -0.15) is 5.26 Å². The second-order valence-corrected chi connectivity index (χ2v) is 5.72. The van der Waals surface area contributed by atoms with Crippen LogP contribution in [0.5, 0.6) is 11.5 Å². The lowest BCUT2D eigenvalue weighted by Crippen LogP contribution is -1.92. The van der Waals surface area contributed by atoms with Crippen molar-refractivity contribution >= 4 is 32.4 Å². The molecule has 0 amide bonds. The van der Waals surface area contributed by atoms with Crippen LogP contribution >= 0.6 is 15.9 Å². The molecule has 0 saturated carbocycles. The Morgan fingerprint density at radius 3 is 2.52 bits per heavy atom. The Morgan fingerprint density at radius 1 is 1.04 bits per heavy atom. The number of nitriles is 1. The number of rotatable bonds is 3. The third-order valence-electron chi connectivity index (χ3n) is 3.30. The summed E-state index contributed by atoms with van der Waals surface area (Å²) in [4.78, 5) is 10.2. The van der Waals surface area contributed by atoms with E-state index in [0.29, 0.717) is 5.75 Å². The molecule has 0 aromatic heterocycles.